The molecule has 1 aliphatic rings. The molecule has 0 unspecified atom stereocenters. The van der Waals surface area contributed by atoms with Gasteiger partial charge >= 0.3 is 0 Å². The predicted octanol–water partition coefficient (Wildman–Crippen LogP) is 4.68. The molecule has 2 aromatic carbocycles. The van der Waals surface area contributed by atoms with Crippen LogP contribution in [0.25, 0.3) is 33.5 Å². The Kier molecular flexibility index (Phi) is 4.48. The van der Waals surface area contributed by atoms with Crippen molar-refractivity contribution in [3.8, 4) is 11.5 Å². The molecule has 7 heteroatoms. The van der Waals surface area contributed by atoms with Gasteiger partial charge < -0.3 is 9.88 Å². The summed E-state index contributed by atoms with van der Waals surface area (Å²) in [5.41, 5.74) is 4.93. The van der Waals surface area contributed by atoms with E-state index < -0.39 is 0 Å². The lowest BCUT2D eigenvalue weighted by molar-refractivity contribution is 0.185. The molecule has 6 nitrogen and oxygen atoms in total. The monoisotopic (exact) mass is 408 g/mol. The number of nitrogens with one attached hydrogen (secondary N) is 2. The minimum absolute atomic E-state index is 0.478. The van der Waals surface area contributed by atoms with Crippen LogP contribution < -0.4 is 4.90 Å². The van der Waals surface area contributed by atoms with Crippen LogP contribution in [0.5, 0.6) is 0 Å². The lowest BCUT2D eigenvalue weighted by atomic mass is 10.1. The van der Waals surface area contributed by atoms with Crippen molar-refractivity contribution >= 4 is 39.2 Å². The van der Waals surface area contributed by atoms with E-state index in [1.54, 1.807) is 0 Å². The number of hydrogen-bond acceptors (Lipinski definition) is 4. The second-order valence-electron chi connectivity index (χ2n) is 8.18. The van der Waals surface area contributed by atoms with Gasteiger partial charge in [-0.15, -0.1) is 0 Å². The van der Waals surface area contributed by atoms with Gasteiger partial charge in [-0.25, -0.2) is 4.98 Å². The van der Waals surface area contributed by atoms with Crippen molar-refractivity contribution in [2.75, 3.05) is 24.5 Å². The van der Waals surface area contributed by atoms with E-state index in [-0.39, 0.29) is 0 Å². The standard InChI is InChI=1S/C22H25ClN6/c1-13(2)28-8-9-29(14(3)12-28)16-5-7-18-20(11-16)25-22(24-18)21-17-6-4-15(23)10-19(17)26-27-21/h4-7,10-11,13-14H,8-9,12H2,1-3H3,(H,24,25)(H,26,27)/t14-/m1/s1. The normalized spacial score (nSPS) is 18.4. The van der Waals surface area contributed by atoms with Crippen LogP contribution >= 0.6 is 11.6 Å². The number of nitrogens with zero attached hydrogens (tertiary/aromatic N) is 4. The molecule has 0 aliphatic carbocycles. The van der Waals surface area contributed by atoms with Gasteiger partial charge in [0.25, 0.3) is 0 Å². The molecule has 150 valence electrons. The van der Waals surface area contributed by atoms with Gasteiger partial charge in [-0.2, -0.15) is 5.10 Å². The molecule has 2 N–H and O–H groups in total. The Morgan fingerprint density at radius 1 is 1.10 bits per heavy atom. The van der Waals surface area contributed by atoms with E-state index >= 15 is 0 Å². The molecule has 0 saturated carbocycles. The molecule has 0 spiro atoms. The van der Waals surface area contributed by atoms with E-state index in [1.165, 1.54) is 5.69 Å². The maximum Gasteiger partial charge on any atom is 0.159 e. The Morgan fingerprint density at radius 3 is 2.76 bits per heavy atom. The van der Waals surface area contributed by atoms with Crippen molar-refractivity contribution < 1.29 is 0 Å². The molecular formula is C22H25ClN6. The summed E-state index contributed by atoms with van der Waals surface area (Å²) in [6, 6.07) is 13.3. The highest BCUT2D eigenvalue weighted by molar-refractivity contribution is 6.31. The van der Waals surface area contributed by atoms with Gasteiger partial charge in [0.1, 0.15) is 5.69 Å². The number of aromatic amines is 2. The highest BCUT2D eigenvalue weighted by atomic mass is 35.5. The van der Waals surface area contributed by atoms with Crippen LogP contribution in [-0.4, -0.2) is 56.8 Å². The molecule has 29 heavy (non-hydrogen) atoms. The molecule has 4 aromatic rings. The first-order chi connectivity index (χ1) is 14.0. The zero-order valence-corrected chi connectivity index (χ0v) is 17.7. The van der Waals surface area contributed by atoms with Crippen LogP contribution in [0.1, 0.15) is 20.8 Å². The SMILES string of the molecule is CC(C)N1CCN(c2ccc3nc(-c4n[nH]c5cc(Cl)ccc45)[nH]c3c2)[C@H](C)C1. The number of benzene rings is 2. The minimum atomic E-state index is 0.478. The summed E-state index contributed by atoms with van der Waals surface area (Å²) < 4.78 is 0. The van der Waals surface area contributed by atoms with Crippen LogP contribution in [0.4, 0.5) is 5.69 Å². The van der Waals surface area contributed by atoms with E-state index in [2.05, 4.69) is 64.0 Å². The van der Waals surface area contributed by atoms with E-state index in [4.69, 9.17) is 16.6 Å². The molecule has 0 bridgehead atoms. The van der Waals surface area contributed by atoms with Crippen LogP contribution in [0, 0.1) is 0 Å². The number of fused-ring (bicyclic) bond motifs is 2. The molecule has 5 rings (SSSR count). The number of aromatic nitrogens is 4. The largest absolute Gasteiger partial charge is 0.366 e. The third kappa shape index (κ3) is 3.26. The summed E-state index contributed by atoms with van der Waals surface area (Å²) in [5, 5.41) is 9.20. The maximum atomic E-state index is 6.09. The number of H-pyrrole nitrogens is 2. The summed E-state index contributed by atoms with van der Waals surface area (Å²) in [6.07, 6.45) is 0. The molecule has 1 fully saturated rings. The molecule has 1 atom stereocenters. The highest BCUT2D eigenvalue weighted by Crippen LogP contribution is 2.30. The molecule has 3 heterocycles. The first-order valence-electron chi connectivity index (χ1n) is 10.1. The van der Waals surface area contributed by atoms with E-state index in [1.807, 2.05) is 18.2 Å². The summed E-state index contributed by atoms with van der Waals surface area (Å²) in [4.78, 5) is 13.3. The molecule has 1 saturated heterocycles. The Labute approximate surface area is 174 Å². The van der Waals surface area contributed by atoms with Crippen LogP contribution in [0.15, 0.2) is 36.4 Å². The van der Waals surface area contributed by atoms with Gasteiger partial charge in [-0.3, -0.25) is 10.00 Å². The fraction of sp³-hybridized carbons (Fsp3) is 0.364. The third-order valence-corrected chi connectivity index (χ3v) is 6.17. The summed E-state index contributed by atoms with van der Waals surface area (Å²) >= 11 is 6.09. The Balaban J connectivity index is 1.47. The molecule has 0 radical (unpaired) electrons. The quantitative estimate of drug-likeness (QED) is 0.516. The van der Waals surface area contributed by atoms with Crippen LogP contribution in [0.3, 0.4) is 0 Å². The van der Waals surface area contributed by atoms with Crippen molar-refractivity contribution in [3.63, 3.8) is 0 Å². The van der Waals surface area contributed by atoms with E-state index in [0.29, 0.717) is 17.1 Å². The fourth-order valence-corrected chi connectivity index (χ4v) is 4.47. The second kappa shape index (κ2) is 7.04. The van der Waals surface area contributed by atoms with E-state index in [0.717, 1.165) is 53.1 Å². The molecular weight excluding hydrogens is 384 g/mol. The molecule has 2 aromatic heterocycles. The second-order valence-corrected chi connectivity index (χ2v) is 8.62. The number of imidazole rings is 1. The van der Waals surface area contributed by atoms with Gasteiger partial charge in [-0.1, -0.05) is 11.6 Å². The van der Waals surface area contributed by atoms with Crippen molar-refractivity contribution in [3.05, 3.63) is 41.4 Å². The van der Waals surface area contributed by atoms with Crippen molar-refractivity contribution in [1.82, 2.24) is 25.1 Å². The summed E-state index contributed by atoms with van der Waals surface area (Å²) in [5.74, 6) is 0.767. The topological polar surface area (TPSA) is 63.8 Å². The van der Waals surface area contributed by atoms with Crippen molar-refractivity contribution in [2.24, 2.45) is 0 Å². The Bertz CT molecular complexity index is 1180. The maximum absolute atomic E-state index is 6.09. The van der Waals surface area contributed by atoms with Gasteiger partial charge in [0.05, 0.1) is 16.6 Å². The van der Waals surface area contributed by atoms with E-state index in [9.17, 15) is 0 Å². The zero-order valence-electron chi connectivity index (χ0n) is 16.9. The number of piperazine rings is 1. The van der Waals surface area contributed by atoms with Crippen molar-refractivity contribution in [1.29, 1.82) is 0 Å². The third-order valence-electron chi connectivity index (χ3n) is 5.94. The highest BCUT2D eigenvalue weighted by Gasteiger charge is 2.25. The number of anilines is 1. The summed E-state index contributed by atoms with van der Waals surface area (Å²) in [7, 11) is 0. The predicted molar refractivity (Wildman–Crippen MR) is 120 cm³/mol. The number of halogens is 1. The zero-order chi connectivity index (χ0) is 20.1. The van der Waals surface area contributed by atoms with Crippen LogP contribution in [0.2, 0.25) is 5.02 Å². The van der Waals surface area contributed by atoms with Gasteiger partial charge in [0.2, 0.25) is 0 Å². The molecule has 1 aliphatic heterocycles. The van der Waals surface area contributed by atoms with Gasteiger partial charge in [0.15, 0.2) is 5.82 Å². The summed E-state index contributed by atoms with van der Waals surface area (Å²) in [6.45, 7) is 10.1. The lowest BCUT2D eigenvalue weighted by Gasteiger charge is -2.43. The molecule has 0 amide bonds. The van der Waals surface area contributed by atoms with Crippen LogP contribution in [-0.2, 0) is 0 Å². The smallest absolute Gasteiger partial charge is 0.159 e. The first-order valence-corrected chi connectivity index (χ1v) is 10.5. The first kappa shape index (κ1) is 18.5. The number of hydrogen-bond donors (Lipinski definition) is 2. The minimum Gasteiger partial charge on any atom is -0.366 e. The Hall–Kier alpha value is -2.57. The Morgan fingerprint density at radius 2 is 1.97 bits per heavy atom. The average molecular weight is 409 g/mol. The fourth-order valence-electron chi connectivity index (χ4n) is 4.30. The van der Waals surface area contributed by atoms with Gasteiger partial charge in [0, 0.05) is 47.8 Å². The average Bonchev–Trinajstić information content (AvgIpc) is 3.30. The lowest BCUT2D eigenvalue weighted by Crippen LogP contribution is -2.53. The van der Waals surface area contributed by atoms with Crippen molar-refractivity contribution in [2.45, 2.75) is 32.9 Å². The number of rotatable bonds is 3. The van der Waals surface area contributed by atoms with Gasteiger partial charge in [-0.05, 0) is 57.2 Å².